The minimum Gasteiger partial charge on any atom is -0.480 e. The molecule has 32 heavy (non-hydrogen) atoms. The van der Waals surface area contributed by atoms with E-state index in [1.807, 2.05) is 42.5 Å². The summed E-state index contributed by atoms with van der Waals surface area (Å²) in [6.45, 7) is -0.0740. The van der Waals surface area contributed by atoms with Gasteiger partial charge in [0.2, 0.25) is 5.78 Å². The van der Waals surface area contributed by atoms with Crippen LogP contribution in [0.15, 0.2) is 60.7 Å². The Morgan fingerprint density at radius 3 is 2.62 bits per heavy atom. The topological polar surface area (TPSA) is 105 Å². The Morgan fingerprint density at radius 1 is 1.09 bits per heavy atom. The predicted octanol–water partition coefficient (Wildman–Crippen LogP) is 4.07. The minimum absolute atomic E-state index is 0.235. The molecule has 6 nitrogen and oxygen atoms in total. The first-order chi connectivity index (χ1) is 15.4. The number of hydrogen-bond acceptors (Lipinski definition) is 6. The molecule has 0 aliphatic carbocycles. The van der Waals surface area contributed by atoms with Crippen LogP contribution in [0.2, 0.25) is 10.0 Å². The van der Waals surface area contributed by atoms with Crippen LogP contribution in [-0.2, 0) is 0 Å². The van der Waals surface area contributed by atoms with Crippen molar-refractivity contribution in [2.75, 3.05) is 18.5 Å². The number of aliphatic hydroxyl groups is 2. The van der Waals surface area contributed by atoms with Crippen LogP contribution in [0.5, 0.6) is 5.75 Å². The lowest BCUT2D eigenvalue weighted by Gasteiger charge is -2.15. The lowest BCUT2D eigenvalue weighted by molar-refractivity contribution is 0.0795. The van der Waals surface area contributed by atoms with Gasteiger partial charge in [-0.15, -0.1) is 0 Å². The molecule has 3 aromatic rings. The van der Waals surface area contributed by atoms with Crippen LogP contribution >= 0.6 is 23.2 Å². The molecule has 3 aromatic carbocycles. The Hall–Kier alpha value is -2.61. The normalized spacial score (nSPS) is 18.0. The predicted molar refractivity (Wildman–Crippen MR) is 126 cm³/mol. The van der Waals surface area contributed by atoms with Crippen molar-refractivity contribution in [2.24, 2.45) is 5.73 Å². The van der Waals surface area contributed by atoms with Crippen LogP contribution in [-0.4, -0.2) is 41.4 Å². The number of anilines is 1. The third-order valence-electron chi connectivity index (χ3n) is 5.36. The van der Waals surface area contributed by atoms with Crippen LogP contribution in [0.25, 0.3) is 11.1 Å². The second-order valence-corrected chi connectivity index (χ2v) is 8.45. The number of ether oxygens (including phenoxy) is 1. The van der Waals surface area contributed by atoms with Crippen LogP contribution in [0.4, 0.5) is 5.69 Å². The highest BCUT2D eigenvalue weighted by molar-refractivity contribution is 6.37. The summed E-state index contributed by atoms with van der Waals surface area (Å²) >= 11 is 12.1. The SMILES string of the molecule is NC1c2ccc(-c3cccc(NC[C@@H](O)CO)c3)cc2OC1C(=O)c1ccc(Cl)cc1Cl. The van der Waals surface area contributed by atoms with Gasteiger partial charge < -0.3 is 26.0 Å². The summed E-state index contributed by atoms with van der Waals surface area (Å²) in [4.78, 5) is 13.0. The Morgan fingerprint density at radius 2 is 1.88 bits per heavy atom. The number of nitrogens with two attached hydrogens (primary N) is 1. The van der Waals surface area contributed by atoms with Crippen molar-refractivity contribution in [3.05, 3.63) is 81.8 Å². The number of aliphatic hydroxyl groups excluding tert-OH is 2. The van der Waals surface area contributed by atoms with Gasteiger partial charge in [-0.05, 0) is 47.5 Å². The summed E-state index contributed by atoms with van der Waals surface area (Å²) < 4.78 is 5.96. The average Bonchev–Trinajstić information content (AvgIpc) is 3.13. The summed E-state index contributed by atoms with van der Waals surface area (Å²) in [5.41, 5.74) is 10.0. The highest BCUT2D eigenvalue weighted by Crippen LogP contribution is 2.40. The van der Waals surface area contributed by atoms with Gasteiger partial charge in [0.05, 0.1) is 23.8 Å². The number of Topliss-reactive ketones (excluding diaryl/α,β-unsaturated/α-hetero) is 1. The molecule has 1 heterocycles. The van der Waals surface area contributed by atoms with Gasteiger partial charge in [-0.25, -0.2) is 0 Å². The van der Waals surface area contributed by atoms with E-state index in [2.05, 4.69) is 5.32 Å². The second-order valence-electron chi connectivity index (χ2n) is 7.60. The van der Waals surface area contributed by atoms with Crippen molar-refractivity contribution in [1.29, 1.82) is 0 Å². The van der Waals surface area contributed by atoms with Crippen molar-refractivity contribution >= 4 is 34.7 Å². The van der Waals surface area contributed by atoms with Crippen molar-refractivity contribution in [3.63, 3.8) is 0 Å². The van der Waals surface area contributed by atoms with Gasteiger partial charge in [-0.2, -0.15) is 0 Å². The molecule has 0 saturated heterocycles. The molecule has 166 valence electrons. The average molecular weight is 473 g/mol. The van der Waals surface area contributed by atoms with E-state index in [0.29, 0.717) is 16.3 Å². The Kier molecular flexibility index (Phi) is 6.69. The van der Waals surface area contributed by atoms with Crippen LogP contribution < -0.4 is 15.8 Å². The van der Waals surface area contributed by atoms with Crippen molar-refractivity contribution in [1.82, 2.24) is 0 Å². The molecule has 0 aromatic heterocycles. The summed E-state index contributed by atoms with van der Waals surface area (Å²) in [6.07, 6.45) is -1.72. The van der Waals surface area contributed by atoms with Gasteiger partial charge >= 0.3 is 0 Å². The summed E-state index contributed by atoms with van der Waals surface area (Å²) in [5, 5.41) is 22.3. The zero-order valence-electron chi connectivity index (χ0n) is 17.0. The highest BCUT2D eigenvalue weighted by Gasteiger charge is 2.38. The number of hydrogen-bond donors (Lipinski definition) is 4. The zero-order chi connectivity index (χ0) is 22.8. The quantitative estimate of drug-likeness (QED) is 0.386. The minimum atomic E-state index is -0.883. The monoisotopic (exact) mass is 472 g/mol. The number of fused-ring (bicyclic) bond motifs is 1. The molecule has 0 spiro atoms. The maximum absolute atomic E-state index is 13.0. The maximum Gasteiger partial charge on any atom is 0.206 e. The standard InChI is InChI=1S/C24H22Cl2N2O4/c25-15-5-7-18(20(26)10-15)23(31)24-22(27)19-6-4-14(9-21(19)32-24)13-2-1-3-16(8-13)28-11-17(30)12-29/h1-10,17,22,24,28-30H,11-12,27H2/t17-,22?,24?/m1/s1. The van der Waals surface area contributed by atoms with Gasteiger partial charge in [-0.3, -0.25) is 4.79 Å². The molecule has 5 N–H and O–H groups in total. The smallest absolute Gasteiger partial charge is 0.206 e. The van der Waals surface area contributed by atoms with Crippen LogP contribution in [0.3, 0.4) is 0 Å². The first kappa shape index (κ1) is 22.6. The fraction of sp³-hybridized carbons (Fsp3) is 0.208. The Labute approximate surface area is 195 Å². The number of rotatable bonds is 7. The Balaban J connectivity index is 1.56. The summed E-state index contributed by atoms with van der Waals surface area (Å²) in [7, 11) is 0. The highest BCUT2D eigenvalue weighted by atomic mass is 35.5. The van der Waals surface area contributed by atoms with E-state index in [1.54, 1.807) is 12.1 Å². The molecule has 3 atom stereocenters. The molecule has 1 aliphatic heterocycles. The van der Waals surface area contributed by atoms with E-state index in [0.717, 1.165) is 22.4 Å². The largest absolute Gasteiger partial charge is 0.480 e. The van der Waals surface area contributed by atoms with E-state index >= 15 is 0 Å². The van der Waals surface area contributed by atoms with Crippen molar-refractivity contribution in [3.8, 4) is 16.9 Å². The van der Waals surface area contributed by atoms with Gasteiger partial charge in [-0.1, -0.05) is 47.5 Å². The zero-order valence-corrected chi connectivity index (χ0v) is 18.5. The fourth-order valence-electron chi connectivity index (χ4n) is 3.63. The molecule has 4 rings (SSSR count). The third-order valence-corrected chi connectivity index (χ3v) is 5.90. The first-order valence-corrected chi connectivity index (χ1v) is 10.8. The number of halogens is 2. The lowest BCUT2D eigenvalue weighted by Crippen LogP contribution is -2.33. The second kappa shape index (κ2) is 9.48. The maximum atomic E-state index is 13.0. The third kappa shape index (κ3) is 4.60. The van der Waals surface area contributed by atoms with Gasteiger partial charge in [0.25, 0.3) is 0 Å². The summed E-state index contributed by atoms with van der Waals surface area (Å²) in [6, 6.07) is 17.3. The molecule has 0 fully saturated rings. The molecule has 0 bridgehead atoms. The number of nitrogens with one attached hydrogen (secondary N) is 1. The Bertz CT molecular complexity index is 1150. The lowest BCUT2D eigenvalue weighted by atomic mass is 9.96. The van der Waals surface area contributed by atoms with Gasteiger partial charge in [0.1, 0.15) is 5.75 Å². The molecule has 0 radical (unpaired) electrons. The summed E-state index contributed by atoms with van der Waals surface area (Å²) in [5.74, 6) is 0.248. The molecule has 8 heteroatoms. The van der Waals surface area contributed by atoms with Crippen molar-refractivity contribution in [2.45, 2.75) is 18.2 Å². The van der Waals surface area contributed by atoms with E-state index < -0.39 is 18.2 Å². The number of ketones is 1. The van der Waals surface area contributed by atoms with Gasteiger partial charge in [0, 0.05) is 28.4 Å². The molecular formula is C24H22Cl2N2O4. The number of benzene rings is 3. The van der Waals surface area contributed by atoms with E-state index in [-0.39, 0.29) is 24.0 Å². The number of carbonyl (C=O) groups is 1. The van der Waals surface area contributed by atoms with E-state index in [4.69, 9.17) is 38.8 Å². The van der Waals surface area contributed by atoms with E-state index in [9.17, 15) is 9.90 Å². The molecule has 2 unspecified atom stereocenters. The molecule has 1 aliphatic rings. The molecular weight excluding hydrogens is 451 g/mol. The molecule has 0 saturated carbocycles. The van der Waals surface area contributed by atoms with Gasteiger partial charge in [0.15, 0.2) is 6.10 Å². The van der Waals surface area contributed by atoms with E-state index in [1.165, 1.54) is 6.07 Å². The van der Waals surface area contributed by atoms with Crippen LogP contribution in [0.1, 0.15) is 22.0 Å². The fourth-order valence-corrected chi connectivity index (χ4v) is 4.13. The van der Waals surface area contributed by atoms with Crippen LogP contribution in [0, 0.1) is 0 Å². The molecule has 0 amide bonds. The first-order valence-electron chi connectivity index (χ1n) is 10.1. The van der Waals surface area contributed by atoms with Crippen molar-refractivity contribution < 1.29 is 19.7 Å². The number of carbonyl (C=O) groups excluding carboxylic acids is 1.